The van der Waals surface area contributed by atoms with Crippen LogP contribution in [-0.4, -0.2) is 30.1 Å². The van der Waals surface area contributed by atoms with Gasteiger partial charge in [-0.3, -0.25) is 0 Å². The van der Waals surface area contributed by atoms with E-state index in [4.69, 9.17) is 5.73 Å². The summed E-state index contributed by atoms with van der Waals surface area (Å²) in [5, 5.41) is 0. The minimum absolute atomic E-state index is 0.261. The van der Waals surface area contributed by atoms with Gasteiger partial charge >= 0.3 is 0 Å². The molecule has 1 heterocycles. The maximum Gasteiger partial charge on any atom is 0.0432 e. The number of fused-ring (bicyclic) bond motifs is 1. The summed E-state index contributed by atoms with van der Waals surface area (Å²) in [7, 11) is 4.25. The molecular formula is C13H23N3. The van der Waals surface area contributed by atoms with Gasteiger partial charge in [-0.1, -0.05) is 0 Å². The van der Waals surface area contributed by atoms with E-state index in [2.05, 4.69) is 42.7 Å². The van der Waals surface area contributed by atoms with Crippen LogP contribution in [0.4, 0.5) is 0 Å². The van der Waals surface area contributed by atoms with Crippen LogP contribution in [0.3, 0.4) is 0 Å². The van der Waals surface area contributed by atoms with Crippen molar-refractivity contribution in [3.63, 3.8) is 0 Å². The van der Waals surface area contributed by atoms with Gasteiger partial charge in [0.15, 0.2) is 0 Å². The second kappa shape index (κ2) is 4.60. The third-order valence-electron chi connectivity index (χ3n) is 3.49. The molecule has 0 amide bonds. The smallest absolute Gasteiger partial charge is 0.0432 e. The van der Waals surface area contributed by atoms with Crippen LogP contribution in [0.15, 0.2) is 12.3 Å². The lowest BCUT2D eigenvalue weighted by Gasteiger charge is -2.25. The lowest BCUT2D eigenvalue weighted by Crippen LogP contribution is -2.25. The Balaban J connectivity index is 2.22. The largest absolute Gasteiger partial charge is 0.347 e. The molecule has 2 rings (SSSR count). The van der Waals surface area contributed by atoms with Crippen LogP contribution < -0.4 is 5.73 Å². The molecule has 2 N–H and O–H groups in total. The second-order valence-corrected chi connectivity index (χ2v) is 5.24. The van der Waals surface area contributed by atoms with Crippen molar-refractivity contribution in [2.45, 2.75) is 38.3 Å². The van der Waals surface area contributed by atoms with Gasteiger partial charge in [-0.15, -0.1) is 0 Å². The van der Waals surface area contributed by atoms with E-state index in [-0.39, 0.29) is 6.04 Å². The van der Waals surface area contributed by atoms with Crippen molar-refractivity contribution in [2.24, 2.45) is 5.73 Å². The van der Waals surface area contributed by atoms with Crippen LogP contribution in [-0.2, 0) is 6.42 Å². The van der Waals surface area contributed by atoms with Crippen molar-refractivity contribution >= 4 is 0 Å². The number of hydrogen-bond acceptors (Lipinski definition) is 2. The van der Waals surface area contributed by atoms with Gasteiger partial charge in [-0.25, -0.2) is 0 Å². The van der Waals surface area contributed by atoms with Crippen LogP contribution in [0.2, 0.25) is 0 Å². The zero-order valence-electron chi connectivity index (χ0n) is 10.6. The van der Waals surface area contributed by atoms with Crippen LogP contribution in [0.5, 0.6) is 0 Å². The fourth-order valence-corrected chi connectivity index (χ4v) is 2.78. The van der Waals surface area contributed by atoms with Crippen molar-refractivity contribution in [2.75, 3.05) is 20.6 Å². The van der Waals surface area contributed by atoms with Crippen LogP contribution >= 0.6 is 0 Å². The van der Waals surface area contributed by atoms with Gasteiger partial charge in [0.25, 0.3) is 0 Å². The van der Waals surface area contributed by atoms with E-state index in [0.717, 1.165) is 13.0 Å². The molecule has 1 aliphatic rings. The van der Waals surface area contributed by atoms with E-state index in [1.54, 1.807) is 0 Å². The van der Waals surface area contributed by atoms with E-state index in [1.807, 2.05) is 0 Å². The van der Waals surface area contributed by atoms with Crippen LogP contribution in [0, 0.1) is 0 Å². The van der Waals surface area contributed by atoms with Crippen molar-refractivity contribution in [1.82, 2.24) is 9.47 Å². The van der Waals surface area contributed by atoms with Crippen LogP contribution in [0.1, 0.15) is 43.1 Å². The maximum atomic E-state index is 6.14. The van der Waals surface area contributed by atoms with Gasteiger partial charge < -0.3 is 15.2 Å². The van der Waals surface area contributed by atoms with Crippen molar-refractivity contribution in [3.8, 4) is 0 Å². The average molecular weight is 221 g/mol. The highest BCUT2D eigenvalue weighted by atomic mass is 15.1. The van der Waals surface area contributed by atoms with Gasteiger partial charge in [-0.05, 0) is 51.9 Å². The van der Waals surface area contributed by atoms with Gasteiger partial charge in [0.1, 0.15) is 0 Å². The Labute approximate surface area is 98.2 Å². The predicted octanol–water partition coefficient (Wildman–Crippen LogP) is 1.95. The minimum Gasteiger partial charge on any atom is -0.347 e. The van der Waals surface area contributed by atoms with Gasteiger partial charge in [0.2, 0.25) is 0 Å². The lowest BCUT2D eigenvalue weighted by molar-refractivity contribution is 0.331. The number of nitrogens with two attached hydrogens (primary N) is 1. The molecule has 90 valence electrons. The van der Waals surface area contributed by atoms with Crippen molar-refractivity contribution < 1.29 is 0 Å². The van der Waals surface area contributed by atoms with Crippen molar-refractivity contribution in [3.05, 3.63) is 23.5 Å². The molecule has 0 fully saturated rings. The third kappa shape index (κ3) is 2.15. The number of nitrogens with zero attached hydrogens (tertiary/aromatic N) is 2. The Morgan fingerprint density at radius 3 is 3.00 bits per heavy atom. The standard InChI is InChI=1S/C13H23N3/c1-10(9-15(2)3)16-8-7-11-12(14)5-4-6-13(11)16/h7-8,10,12H,4-6,9,14H2,1-3H3. The number of likely N-dealkylation sites (N-methyl/N-ethyl adjacent to an activating group) is 1. The lowest BCUT2D eigenvalue weighted by atomic mass is 9.93. The first-order valence-electron chi connectivity index (χ1n) is 6.19. The fraction of sp³-hybridized carbons (Fsp3) is 0.692. The summed E-state index contributed by atoms with van der Waals surface area (Å²) in [6.07, 6.45) is 5.77. The molecule has 1 aromatic heterocycles. The summed E-state index contributed by atoms with van der Waals surface area (Å²) >= 11 is 0. The molecule has 0 spiro atoms. The highest BCUT2D eigenvalue weighted by Gasteiger charge is 2.21. The topological polar surface area (TPSA) is 34.2 Å². The molecule has 0 radical (unpaired) electrons. The third-order valence-corrected chi connectivity index (χ3v) is 3.49. The van der Waals surface area contributed by atoms with Crippen molar-refractivity contribution in [1.29, 1.82) is 0 Å². The first-order valence-corrected chi connectivity index (χ1v) is 6.19. The minimum atomic E-state index is 0.261. The van der Waals surface area contributed by atoms with E-state index >= 15 is 0 Å². The van der Waals surface area contributed by atoms with Crippen LogP contribution in [0.25, 0.3) is 0 Å². The molecule has 1 aliphatic carbocycles. The average Bonchev–Trinajstić information content (AvgIpc) is 2.61. The summed E-state index contributed by atoms with van der Waals surface area (Å²) in [5.41, 5.74) is 8.98. The number of rotatable bonds is 3. The van der Waals surface area contributed by atoms with E-state index in [9.17, 15) is 0 Å². The zero-order chi connectivity index (χ0) is 11.7. The molecule has 0 aliphatic heterocycles. The quantitative estimate of drug-likeness (QED) is 0.846. The Hall–Kier alpha value is -0.800. The van der Waals surface area contributed by atoms with E-state index in [1.165, 1.54) is 24.1 Å². The van der Waals surface area contributed by atoms with Gasteiger partial charge in [0, 0.05) is 30.5 Å². The fourth-order valence-electron chi connectivity index (χ4n) is 2.78. The summed E-state index contributed by atoms with van der Waals surface area (Å²) < 4.78 is 2.41. The van der Waals surface area contributed by atoms with E-state index in [0.29, 0.717) is 6.04 Å². The maximum absolute atomic E-state index is 6.14. The van der Waals surface area contributed by atoms with Gasteiger partial charge in [0.05, 0.1) is 0 Å². The molecular weight excluding hydrogens is 198 g/mol. The second-order valence-electron chi connectivity index (χ2n) is 5.24. The van der Waals surface area contributed by atoms with E-state index < -0.39 is 0 Å². The zero-order valence-corrected chi connectivity index (χ0v) is 10.6. The normalized spacial score (nSPS) is 22.2. The SMILES string of the molecule is CC(CN(C)C)n1ccc2c1CCCC2N. The Bertz CT molecular complexity index is 354. The Morgan fingerprint density at radius 2 is 2.31 bits per heavy atom. The number of hydrogen-bond donors (Lipinski definition) is 1. The molecule has 0 bridgehead atoms. The monoisotopic (exact) mass is 221 g/mol. The molecule has 1 aromatic rings. The first kappa shape index (κ1) is 11.7. The summed E-state index contributed by atoms with van der Waals surface area (Å²) in [6.45, 7) is 3.36. The summed E-state index contributed by atoms with van der Waals surface area (Å²) in [6, 6.07) is 3.01. The summed E-state index contributed by atoms with van der Waals surface area (Å²) in [4.78, 5) is 2.24. The Kier molecular flexibility index (Phi) is 3.36. The predicted molar refractivity (Wildman–Crippen MR) is 67.6 cm³/mol. The Morgan fingerprint density at radius 1 is 1.56 bits per heavy atom. The molecule has 2 unspecified atom stereocenters. The highest BCUT2D eigenvalue weighted by molar-refractivity contribution is 5.28. The summed E-state index contributed by atoms with van der Waals surface area (Å²) in [5.74, 6) is 0. The molecule has 0 saturated carbocycles. The molecule has 0 saturated heterocycles. The first-order chi connectivity index (χ1) is 7.59. The molecule has 3 nitrogen and oxygen atoms in total. The molecule has 0 aromatic carbocycles. The molecule has 2 atom stereocenters. The van der Waals surface area contributed by atoms with Gasteiger partial charge in [-0.2, -0.15) is 0 Å². The molecule has 3 heteroatoms. The highest BCUT2D eigenvalue weighted by Crippen LogP contribution is 2.30. The molecule has 16 heavy (non-hydrogen) atoms. The number of aromatic nitrogens is 1.